The second-order valence-electron chi connectivity index (χ2n) is 11.7. The third-order valence-electron chi connectivity index (χ3n) is 10.2. The maximum absolute atomic E-state index is 6.03. The molecule has 0 radical (unpaired) electrons. The summed E-state index contributed by atoms with van der Waals surface area (Å²) in [6.45, 7) is 6.92. The molecule has 0 atom stereocenters. The minimum Gasteiger partial charge on any atom is -0.374 e. The van der Waals surface area contributed by atoms with Gasteiger partial charge in [-0.15, -0.1) is 6.58 Å². The fourth-order valence-electron chi connectivity index (χ4n) is 8.04. The van der Waals surface area contributed by atoms with Crippen molar-refractivity contribution in [1.29, 1.82) is 0 Å². The molecule has 0 heterocycles. The normalized spacial score (nSPS) is 42.5. The number of allylic oxidation sites excluding steroid dienone is 2. The Bertz CT molecular complexity index is 533. The van der Waals surface area contributed by atoms with Gasteiger partial charge in [-0.25, -0.2) is 0 Å². The summed E-state index contributed by atoms with van der Waals surface area (Å²) in [4.78, 5) is 0. The maximum atomic E-state index is 6.03. The van der Waals surface area contributed by atoms with Gasteiger partial charge in [-0.1, -0.05) is 18.2 Å². The Labute approximate surface area is 193 Å². The average molecular weight is 427 g/mol. The second-order valence-corrected chi connectivity index (χ2v) is 11.7. The molecule has 0 unspecified atom stereocenters. The lowest BCUT2D eigenvalue weighted by atomic mass is 9.63. The molecule has 4 fully saturated rings. The monoisotopic (exact) mass is 426 g/mol. The molecule has 1 nitrogen and oxygen atoms in total. The molecule has 0 bridgehead atoms. The Morgan fingerprint density at radius 1 is 0.581 bits per heavy atom. The molecule has 0 aromatic carbocycles. The summed E-state index contributed by atoms with van der Waals surface area (Å²) in [5.74, 6) is 7.09. The van der Waals surface area contributed by atoms with Crippen LogP contribution in [0.15, 0.2) is 24.8 Å². The molecule has 176 valence electrons. The minimum absolute atomic E-state index is 0.533. The summed E-state index contributed by atoms with van der Waals surface area (Å²) in [5.41, 5.74) is 0. The number of rotatable bonds is 7. The fourth-order valence-corrected chi connectivity index (χ4v) is 8.04. The van der Waals surface area contributed by atoms with Gasteiger partial charge < -0.3 is 4.74 Å². The molecule has 31 heavy (non-hydrogen) atoms. The lowest BCUT2D eigenvalue weighted by molar-refractivity contribution is 0.0182. The second kappa shape index (κ2) is 12.1. The van der Waals surface area contributed by atoms with Crippen molar-refractivity contribution in [2.24, 2.45) is 41.4 Å². The van der Waals surface area contributed by atoms with E-state index in [1.807, 2.05) is 0 Å². The summed E-state index contributed by atoms with van der Waals surface area (Å²) in [6, 6.07) is 0. The highest BCUT2D eigenvalue weighted by Gasteiger charge is 2.36. The highest BCUT2D eigenvalue weighted by Crippen LogP contribution is 2.48. The standard InChI is InChI=1S/C30H50O/c1-3-5-22-31-30-20-18-29(19-21-30)28-16-14-27(15-17-28)26-12-10-25(11-13-26)24-8-6-23(4-2)7-9-24/h3-5,23-30H,2,6-22H2,1H3/b5-3+. The van der Waals surface area contributed by atoms with E-state index in [1.54, 1.807) is 38.5 Å². The van der Waals surface area contributed by atoms with Gasteiger partial charge in [-0.05, 0) is 151 Å². The van der Waals surface area contributed by atoms with Crippen LogP contribution in [0.5, 0.6) is 0 Å². The largest absolute Gasteiger partial charge is 0.374 e. The number of hydrogen-bond donors (Lipinski definition) is 0. The van der Waals surface area contributed by atoms with Crippen LogP contribution in [0.3, 0.4) is 0 Å². The van der Waals surface area contributed by atoms with E-state index in [4.69, 9.17) is 4.74 Å². The first-order chi connectivity index (χ1) is 15.3. The Kier molecular flexibility index (Phi) is 9.18. The maximum Gasteiger partial charge on any atom is 0.0651 e. The molecule has 0 aromatic heterocycles. The van der Waals surface area contributed by atoms with E-state index in [-0.39, 0.29) is 0 Å². The van der Waals surface area contributed by atoms with Gasteiger partial charge in [-0.3, -0.25) is 0 Å². The molecule has 4 saturated carbocycles. The topological polar surface area (TPSA) is 9.23 Å². The first-order valence-electron chi connectivity index (χ1n) is 14.1. The van der Waals surface area contributed by atoms with Gasteiger partial charge >= 0.3 is 0 Å². The molecular formula is C30H50O. The van der Waals surface area contributed by atoms with E-state index >= 15 is 0 Å². The van der Waals surface area contributed by atoms with Gasteiger partial charge in [0, 0.05) is 0 Å². The Morgan fingerprint density at radius 2 is 0.935 bits per heavy atom. The summed E-state index contributed by atoms with van der Waals surface area (Å²) in [7, 11) is 0. The number of ether oxygens (including phenoxy) is 1. The predicted octanol–water partition coefficient (Wildman–Crippen LogP) is 8.74. The molecule has 0 amide bonds. The van der Waals surface area contributed by atoms with E-state index in [1.165, 1.54) is 64.2 Å². The van der Waals surface area contributed by atoms with Crippen LogP contribution in [0.1, 0.15) is 110 Å². The van der Waals surface area contributed by atoms with Crippen LogP contribution >= 0.6 is 0 Å². The van der Waals surface area contributed by atoms with Crippen LogP contribution < -0.4 is 0 Å². The van der Waals surface area contributed by atoms with Gasteiger partial charge in [0.05, 0.1) is 12.7 Å². The molecule has 0 aromatic rings. The Morgan fingerprint density at radius 3 is 1.29 bits per heavy atom. The van der Waals surface area contributed by atoms with Crippen LogP contribution in [-0.4, -0.2) is 12.7 Å². The first kappa shape index (κ1) is 23.6. The smallest absolute Gasteiger partial charge is 0.0651 e. The first-order valence-corrected chi connectivity index (χ1v) is 14.1. The molecule has 4 aliphatic carbocycles. The molecular weight excluding hydrogens is 376 g/mol. The zero-order valence-electron chi connectivity index (χ0n) is 20.5. The number of hydrogen-bond acceptors (Lipinski definition) is 1. The highest BCUT2D eigenvalue weighted by molar-refractivity contribution is 4.90. The van der Waals surface area contributed by atoms with Crippen LogP contribution in [0.4, 0.5) is 0 Å². The molecule has 0 saturated heterocycles. The van der Waals surface area contributed by atoms with Gasteiger partial charge in [0.25, 0.3) is 0 Å². The lowest BCUT2D eigenvalue weighted by Crippen LogP contribution is -2.32. The van der Waals surface area contributed by atoms with Crippen molar-refractivity contribution in [3.63, 3.8) is 0 Å². The molecule has 0 N–H and O–H groups in total. The average Bonchev–Trinajstić information content (AvgIpc) is 2.85. The minimum atomic E-state index is 0.533. The van der Waals surface area contributed by atoms with Crippen LogP contribution in [0.2, 0.25) is 0 Å². The zero-order valence-corrected chi connectivity index (χ0v) is 20.5. The molecule has 0 aliphatic heterocycles. The van der Waals surface area contributed by atoms with Gasteiger partial charge in [0.2, 0.25) is 0 Å². The van der Waals surface area contributed by atoms with Crippen molar-refractivity contribution in [3.8, 4) is 0 Å². The van der Waals surface area contributed by atoms with Crippen molar-refractivity contribution in [2.45, 2.75) is 116 Å². The van der Waals surface area contributed by atoms with Crippen LogP contribution in [0, 0.1) is 41.4 Å². The van der Waals surface area contributed by atoms with E-state index in [2.05, 4.69) is 31.7 Å². The van der Waals surface area contributed by atoms with Crippen molar-refractivity contribution >= 4 is 0 Å². The zero-order chi connectivity index (χ0) is 21.5. The van der Waals surface area contributed by atoms with Crippen molar-refractivity contribution in [3.05, 3.63) is 24.8 Å². The lowest BCUT2D eigenvalue weighted by Gasteiger charge is -2.43. The molecule has 0 spiro atoms. The van der Waals surface area contributed by atoms with Gasteiger partial charge in [0.15, 0.2) is 0 Å². The van der Waals surface area contributed by atoms with E-state index in [0.29, 0.717) is 6.10 Å². The SMILES string of the molecule is C=CC1CCC(C2CCC(C3CCC(C4CCC(OC/C=C/C)CC4)CC3)CC2)CC1. The van der Waals surface area contributed by atoms with Gasteiger partial charge in [-0.2, -0.15) is 0 Å². The Balaban J connectivity index is 1.12. The van der Waals surface area contributed by atoms with Crippen LogP contribution in [0.25, 0.3) is 0 Å². The predicted molar refractivity (Wildman–Crippen MR) is 133 cm³/mol. The fraction of sp³-hybridized carbons (Fsp3) is 0.867. The van der Waals surface area contributed by atoms with E-state index < -0.39 is 0 Å². The third-order valence-corrected chi connectivity index (χ3v) is 10.2. The van der Waals surface area contributed by atoms with Crippen LogP contribution in [-0.2, 0) is 4.74 Å². The van der Waals surface area contributed by atoms with E-state index in [9.17, 15) is 0 Å². The van der Waals surface area contributed by atoms with E-state index in [0.717, 1.165) is 48.0 Å². The quantitative estimate of drug-likeness (QED) is 0.370. The summed E-state index contributed by atoms with van der Waals surface area (Å²) in [5, 5.41) is 0. The van der Waals surface area contributed by atoms with Crippen molar-refractivity contribution in [2.75, 3.05) is 6.61 Å². The molecule has 4 rings (SSSR count). The van der Waals surface area contributed by atoms with Crippen molar-refractivity contribution in [1.82, 2.24) is 0 Å². The summed E-state index contributed by atoms with van der Waals surface area (Å²) < 4.78 is 6.03. The highest BCUT2D eigenvalue weighted by atomic mass is 16.5. The summed E-state index contributed by atoms with van der Waals surface area (Å²) in [6.07, 6.45) is 30.6. The Hall–Kier alpha value is -0.560. The van der Waals surface area contributed by atoms with Crippen molar-refractivity contribution < 1.29 is 4.74 Å². The molecule has 4 aliphatic rings. The molecule has 1 heteroatoms. The third kappa shape index (κ3) is 6.49. The van der Waals surface area contributed by atoms with Gasteiger partial charge in [0.1, 0.15) is 0 Å². The summed E-state index contributed by atoms with van der Waals surface area (Å²) >= 11 is 0.